The highest BCUT2D eigenvalue weighted by atomic mass is 32.1. The van der Waals surface area contributed by atoms with Gasteiger partial charge in [-0.25, -0.2) is 14.0 Å². The quantitative estimate of drug-likeness (QED) is 0.700. The molecular formula is C20H22N4O2S. The summed E-state index contributed by atoms with van der Waals surface area (Å²) in [5.74, 6) is 0.841. The highest BCUT2D eigenvalue weighted by Crippen LogP contribution is 2.28. The van der Waals surface area contributed by atoms with Gasteiger partial charge >= 0.3 is 5.69 Å². The Morgan fingerprint density at radius 2 is 2.04 bits per heavy atom. The van der Waals surface area contributed by atoms with Crippen molar-refractivity contribution < 1.29 is 4.79 Å². The normalized spacial score (nSPS) is 17.3. The van der Waals surface area contributed by atoms with E-state index in [4.69, 9.17) is 0 Å². The van der Waals surface area contributed by atoms with E-state index in [9.17, 15) is 9.59 Å². The van der Waals surface area contributed by atoms with Gasteiger partial charge in [-0.3, -0.25) is 4.79 Å². The van der Waals surface area contributed by atoms with Crippen LogP contribution < -0.4 is 5.69 Å². The molecule has 3 aromatic rings. The number of hydrogen-bond donors (Lipinski definition) is 0. The molecule has 6 nitrogen and oxygen atoms in total. The largest absolute Gasteiger partial charge is 0.350 e. The number of hydrogen-bond acceptors (Lipinski definition) is 4. The number of carbonyl (C=O) groups excluding carboxylic acids is 1. The van der Waals surface area contributed by atoms with E-state index in [1.807, 2.05) is 53.6 Å². The minimum Gasteiger partial charge on any atom is -0.337 e. The molecule has 3 heterocycles. The van der Waals surface area contributed by atoms with E-state index >= 15 is 0 Å². The van der Waals surface area contributed by atoms with Gasteiger partial charge in [-0.1, -0.05) is 18.2 Å². The molecule has 1 fully saturated rings. The maximum absolute atomic E-state index is 12.9. The Labute approximate surface area is 161 Å². The number of likely N-dealkylation sites (tertiary alicyclic amines) is 1. The van der Waals surface area contributed by atoms with Gasteiger partial charge in [0.25, 0.3) is 5.91 Å². The second kappa shape index (κ2) is 7.15. The van der Waals surface area contributed by atoms with Gasteiger partial charge in [0.2, 0.25) is 0 Å². The lowest BCUT2D eigenvalue weighted by Gasteiger charge is -2.32. The molecule has 1 atom stereocenters. The minimum atomic E-state index is -0.159. The number of para-hydroxylation sites is 1. The van der Waals surface area contributed by atoms with E-state index in [1.54, 1.807) is 11.6 Å². The van der Waals surface area contributed by atoms with Crippen LogP contribution in [0.4, 0.5) is 0 Å². The van der Waals surface area contributed by atoms with Crippen molar-refractivity contribution in [1.82, 2.24) is 19.2 Å². The molecule has 1 saturated heterocycles. The molecule has 1 unspecified atom stereocenters. The molecule has 2 aromatic heterocycles. The number of benzene rings is 1. The third-order valence-corrected chi connectivity index (χ3v) is 6.02. The first-order valence-electron chi connectivity index (χ1n) is 9.10. The lowest BCUT2D eigenvalue weighted by Crippen LogP contribution is -2.39. The summed E-state index contributed by atoms with van der Waals surface area (Å²) in [7, 11) is 1.67. The Morgan fingerprint density at radius 3 is 2.74 bits per heavy atom. The monoisotopic (exact) mass is 382 g/mol. The van der Waals surface area contributed by atoms with Crippen LogP contribution in [-0.4, -0.2) is 38.2 Å². The third kappa shape index (κ3) is 3.35. The van der Waals surface area contributed by atoms with Gasteiger partial charge in [-0.2, -0.15) is 5.10 Å². The van der Waals surface area contributed by atoms with E-state index < -0.39 is 0 Å². The summed E-state index contributed by atoms with van der Waals surface area (Å²) < 4.78 is 3.06. The molecule has 0 radical (unpaired) electrons. The van der Waals surface area contributed by atoms with Gasteiger partial charge in [-0.05, 0) is 48.9 Å². The van der Waals surface area contributed by atoms with E-state index in [0.29, 0.717) is 6.54 Å². The smallest absolute Gasteiger partial charge is 0.337 e. The van der Waals surface area contributed by atoms with Crippen molar-refractivity contribution in [1.29, 1.82) is 0 Å². The zero-order chi connectivity index (χ0) is 19.0. The van der Waals surface area contributed by atoms with Crippen LogP contribution >= 0.6 is 11.3 Å². The van der Waals surface area contributed by atoms with Crippen LogP contribution in [0.15, 0.2) is 46.6 Å². The van der Waals surface area contributed by atoms with Crippen LogP contribution in [0.2, 0.25) is 0 Å². The van der Waals surface area contributed by atoms with Crippen molar-refractivity contribution in [3.63, 3.8) is 0 Å². The Kier molecular flexibility index (Phi) is 4.70. The molecule has 7 heteroatoms. The Morgan fingerprint density at radius 1 is 1.26 bits per heavy atom. The zero-order valence-electron chi connectivity index (χ0n) is 15.5. The topological polar surface area (TPSA) is 60.1 Å². The first kappa shape index (κ1) is 17.7. The highest BCUT2D eigenvalue weighted by molar-refractivity contribution is 7.12. The SMILES string of the molecule is Cc1csc(C(=O)N2CCCC(c3nn(C)c(=O)n3-c3ccccc3)C2)c1. The van der Waals surface area contributed by atoms with E-state index in [0.717, 1.165) is 41.3 Å². The first-order chi connectivity index (χ1) is 13.0. The van der Waals surface area contributed by atoms with Gasteiger partial charge in [0, 0.05) is 26.1 Å². The number of piperidine rings is 1. The van der Waals surface area contributed by atoms with Crippen molar-refractivity contribution in [2.45, 2.75) is 25.7 Å². The fourth-order valence-electron chi connectivity index (χ4n) is 3.64. The minimum absolute atomic E-state index is 0.0397. The van der Waals surface area contributed by atoms with Gasteiger partial charge < -0.3 is 4.90 Å². The van der Waals surface area contributed by atoms with Gasteiger partial charge in [0.05, 0.1) is 10.6 Å². The van der Waals surface area contributed by atoms with Gasteiger partial charge in [-0.15, -0.1) is 11.3 Å². The van der Waals surface area contributed by atoms with Crippen LogP contribution in [-0.2, 0) is 7.05 Å². The predicted molar refractivity (Wildman–Crippen MR) is 106 cm³/mol. The summed E-state index contributed by atoms with van der Waals surface area (Å²) in [6.07, 6.45) is 1.82. The number of amides is 1. The Bertz CT molecular complexity index is 1020. The number of aryl methyl sites for hydroxylation is 2. The number of rotatable bonds is 3. The molecule has 1 aliphatic heterocycles. The van der Waals surface area contributed by atoms with E-state index in [1.165, 1.54) is 16.0 Å². The van der Waals surface area contributed by atoms with E-state index in [2.05, 4.69) is 5.10 Å². The maximum atomic E-state index is 12.9. The summed E-state index contributed by atoms with van der Waals surface area (Å²) in [4.78, 5) is 28.2. The molecule has 0 aliphatic carbocycles. The molecule has 0 bridgehead atoms. The van der Waals surface area contributed by atoms with Gasteiger partial charge in [0.1, 0.15) is 5.82 Å². The van der Waals surface area contributed by atoms with E-state index in [-0.39, 0.29) is 17.5 Å². The first-order valence-corrected chi connectivity index (χ1v) is 9.98. The molecule has 0 spiro atoms. The lowest BCUT2D eigenvalue weighted by atomic mass is 9.96. The number of thiophene rings is 1. The fraction of sp³-hybridized carbons (Fsp3) is 0.350. The maximum Gasteiger partial charge on any atom is 0.350 e. The average Bonchev–Trinajstić information content (AvgIpc) is 3.25. The molecule has 1 aliphatic rings. The van der Waals surface area contributed by atoms with Crippen LogP contribution in [0.5, 0.6) is 0 Å². The Balaban J connectivity index is 1.65. The molecule has 4 rings (SSSR count). The summed E-state index contributed by atoms with van der Waals surface area (Å²) in [6.45, 7) is 3.33. The molecule has 140 valence electrons. The lowest BCUT2D eigenvalue weighted by molar-refractivity contribution is 0.0708. The summed E-state index contributed by atoms with van der Waals surface area (Å²) in [5, 5.41) is 6.51. The number of aromatic nitrogens is 3. The van der Waals surface area contributed by atoms with Crippen molar-refractivity contribution in [3.8, 4) is 5.69 Å². The van der Waals surface area contributed by atoms with Crippen molar-refractivity contribution >= 4 is 17.2 Å². The second-order valence-electron chi connectivity index (χ2n) is 7.01. The summed E-state index contributed by atoms with van der Waals surface area (Å²) in [6, 6.07) is 11.5. The van der Waals surface area contributed by atoms with Crippen LogP contribution in [0.3, 0.4) is 0 Å². The zero-order valence-corrected chi connectivity index (χ0v) is 16.3. The van der Waals surface area contributed by atoms with Crippen LogP contribution in [0, 0.1) is 6.92 Å². The van der Waals surface area contributed by atoms with Crippen molar-refractivity contribution in [2.24, 2.45) is 7.05 Å². The summed E-state index contributed by atoms with van der Waals surface area (Å²) in [5.41, 5.74) is 1.76. The Hall–Kier alpha value is -2.67. The molecule has 0 N–H and O–H groups in total. The highest BCUT2D eigenvalue weighted by Gasteiger charge is 2.30. The average molecular weight is 382 g/mol. The number of nitrogens with zero attached hydrogens (tertiary/aromatic N) is 4. The third-order valence-electron chi connectivity index (χ3n) is 4.98. The summed E-state index contributed by atoms with van der Waals surface area (Å²) >= 11 is 1.49. The standard InChI is InChI=1S/C20H22N4O2S/c1-14-11-17(27-13-14)19(25)23-10-6-7-15(12-23)18-21-22(2)20(26)24(18)16-8-4-3-5-9-16/h3-5,8-9,11,13,15H,6-7,10,12H2,1-2H3. The van der Waals surface area contributed by atoms with Crippen LogP contribution in [0.25, 0.3) is 5.69 Å². The predicted octanol–water partition coefficient (Wildman–Crippen LogP) is 2.96. The van der Waals surface area contributed by atoms with Crippen molar-refractivity contribution in [3.05, 3.63) is 68.5 Å². The van der Waals surface area contributed by atoms with Gasteiger partial charge in [0.15, 0.2) is 0 Å². The molecular weight excluding hydrogens is 360 g/mol. The molecule has 1 amide bonds. The fourth-order valence-corrected chi connectivity index (χ4v) is 4.50. The molecule has 0 saturated carbocycles. The second-order valence-corrected chi connectivity index (χ2v) is 7.93. The molecule has 27 heavy (non-hydrogen) atoms. The van der Waals surface area contributed by atoms with Crippen LogP contribution in [0.1, 0.15) is 39.8 Å². The van der Waals surface area contributed by atoms with Crippen molar-refractivity contribution in [2.75, 3.05) is 13.1 Å². The molecule has 1 aromatic carbocycles. The number of carbonyl (C=O) groups is 1.